The largest absolute Gasteiger partial charge is 0.459 e. The molecule has 0 saturated heterocycles. The highest BCUT2D eigenvalue weighted by atomic mass is 32.1. The molecule has 0 aliphatic heterocycles. The fraction of sp³-hybridized carbons (Fsp3) is 0.261. The van der Waals surface area contributed by atoms with Crippen molar-refractivity contribution in [2.75, 3.05) is 0 Å². The number of nitrogens with zero attached hydrogens (tertiary/aromatic N) is 5. The van der Waals surface area contributed by atoms with Gasteiger partial charge >= 0.3 is 18.1 Å². The lowest BCUT2D eigenvalue weighted by molar-refractivity contribution is -0.291. The molecule has 0 aliphatic rings. The van der Waals surface area contributed by atoms with Gasteiger partial charge in [-0.2, -0.15) is 27.2 Å². The first-order valence-electron chi connectivity index (χ1n) is 10.9. The summed E-state index contributed by atoms with van der Waals surface area (Å²) in [5.41, 5.74) is 0.0619. The van der Waals surface area contributed by atoms with E-state index in [0.717, 1.165) is 15.7 Å². The second-order valence-corrected chi connectivity index (χ2v) is 8.17. The Morgan fingerprint density at radius 2 is 1.73 bits per heavy atom. The average molecular weight is 539 g/mol. The summed E-state index contributed by atoms with van der Waals surface area (Å²) in [6, 6.07) is 14.1. The number of benzene rings is 2. The third-order valence-electron chi connectivity index (χ3n) is 5.57. The van der Waals surface area contributed by atoms with E-state index in [0.29, 0.717) is 23.4 Å². The van der Waals surface area contributed by atoms with Crippen molar-refractivity contribution in [3.05, 3.63) is 71.3 Å². The van der Waals surface area contributed by atoms with Crippen molar-refractivity contribution in [1.29, 1.82) is 0 Å². The quantitative estimate of drug-likeness (QED) is 0.177. The molecule has 0 atom stereocenters. The van der Waals surface area contributed by atoms with E-state index in [1.165, 1.54) is 0 Å². The van der Waals surface area contributed by atoms with Crippen LogP contribution in [0.4, 0.5) is 22.0 Å². The van der Waals surface area contributed by atoms with E-state index in [2.05, 4.69) is 42.7 Å². The highest BCUT2D eigenvalue weighted by Gasteiger charge is 2.62. The standard InChI is InChI=1S/C23H19F5N6O2S/c1-2-5-17-29-19(22(24,25)23(26,27)28)18(21(35)36-37)34(17)12-13-8-10-14(11-9-13)15-6-3-4-7-16(15)20-30-32-33-31-20/h3-4,6-11,37H,2,5,12H2,1H3,(H,30,31,32,33). The minimum atomic E-state index is -5.96. The lowest BCUT2D eigenvalue weighted by Crippen LogP contribution is -2.35. The van der Waals surface area contributed by atoms with Gasteiger partial charge in [-0.15, -0.1) is 10.2 Å². The molecule has 8 nitrogen and oxygen atoms in total. The van der Waals surface area contributed by atoms with E-state index >= 15 is 0 Å². The van der Waals surface area contributed by atoms with Crippen LogP contribution in [0.25, 0.3) is 22.5 Å². The lowest BCUT2D eigenvalue weighted by atomic mass is 9.98. The Labute approximate surface area is 212 Å². The molecule has 14 heteroatoms. The maximum atomic E-state index is 14.3. The maximum absolute atomic E-state index is 14.3. The van der Waals surface area contributed by atoms with Gasteiger partial charge in [0.25, 0.3) is 0 Å². The van der Waals surface area contributed by atoms with Gasteiger partial charge in [0, 0.05) is 31.4 Å². The number of H-pyrrole nitrogens is 1. The molecule has 4 aromatic rings. The van der Waals surface area contributed by atoms with Crippen molar-refractivity contribution >= 4 is 18.9 Å². The van der Waals surface area contributed by atoms with Gasteiger partial charge in [0.05, 0.1) is 0 Å². The van der Waals surface area contributed by atoms with E-state index in [1.807, 2.05) is 24.3 Å². The molecule has 0 aliphatic carbocycles. The average Bonchev–Trinajstić information content (AvgIpc) is 3.53. The fourth-order valence-electron chi connectivity index (χ4n) is 3.87. The summed E-state index contributed by atoms with van der Waals surface area (Å²) in [7, 11) is 0. The van der Waals surface area contributed by atoms with Gasteiger partial charge in [0.2, 0.25) is 5.82 Å². The van der Waals surface area contributed by atoms with Crippen LogP contribution in [0.1, 0.15) is 40.9 Å². The predicted molar refractivity (Wildman–Crippen MR) is 125 cm³/mol. The van der Waals surface area contributed by atoms with Crippen LogP contribution in [0.15, 0.2) is 48.5 Å². The first-order valence-corrected chi connectivity index (χ1v) is 11.3. The van der Waals surface area contributed by atoms with Gasteiger partial charge in [-0.05, 0) is 28.3 Å². The Kier molecular flexibility index (Phi) is 7.30. The molecule has 0 saturated carbocycles. The summed E-state index contributed by atoms with van der Waals surface area (Å²) in [4.78, 5) is 15.9. The minimum Gasteiger partial charge on any atom is -0.390 e. The second kappa shape index (κ2) is 10.3. The Balaban J connectivity index is 1.75. The minimum absolute atomic E-state index is 0.0525. The summed E-state index contributed by atoms with van der Waals surface area (Å²) >= 11 is 3.33. The first kappa shape index (κ1) is 26.3. The van der Waals surface area contributed by atoms with Crippen LogP contribution >= 0.6 is 12.9 Å². The molecule has 2 heterocycles. The topological polar surface area (TPSA) is 98.6 Å². The zero-order valence-corrected chi connectivity index (χ0v) is 20.0. The number of hydrogen-bond donors (Lipinski definition) is 2. The number of imidazole rings is 1. The van der Waals surface area contributed by atoms with Gasteiger partial charge in [-0.3, -0.25) is 0 Å². The summed E-state index contributed by atoms with van der Waals surface area (Å²) in [5.74, 6) is -6.57. The molecule has 4 rings (SSSR count). The number of rotatable bonds is 8. The van der Waals surface area contributed by atoms with Crippen LogP contribution in [-0.2, 0) is 23.1 Å². The van der Waals surface area contributed by atoms with Crippen LogP contribution in [0.2, 0.25) is 0 Å². The fourth-order valence-corrected chi connectivity index (χ4v) is 3.95. The summed E-state index contributed by atoms with van der Waals surface area (Å²) < 4.78 is 73.5. The van der Waals surface area contributed by atoms with Crippen molar-refractivity contribution in [2.45, 2.75) is 38.4 Å². The Morgan fingerprint density at radius 1 is 1.05 bits per heavy atom. The Hall–Kier alpha value is -3.81. The number of aromatic amines is 1. The number of nitrogens with one attached hydrogen (secondary N) is 1. The van der Waals surface area contributed by atoms with E-state index in [4.69, 9.17) is 0 Å². The van der Waals surface area contributed by atoms with Crippen molar-refractivity contribution in [1.82, 2.24) is 30.2 Å². The molecular formula is C23H19F5N6O2S. The molecule has 37 heavy (non-hydrogen) atoms. The van der Waals surface area contributed by atoms with Crippen molar-refractivity contribution in [3.8, 4) is 22.5 Å². The first-order chi connectivity index (χ1) is 17.6. The molecule has 0 bridgehead atoms. The Bertz CT molecular complexity index is 1390. The van der Waals surface area contributed by atoms with Gasteiger partial charge in [-0.25, -0.2) is 9.78 Å². The van der Waals surface area contributed by atoms with Gasteiger partial charge < -0.3 is 8.75 Å². The predicted octanol–water partition coefficient (Wildman–Crippen LogP) is 5.39. The smallest absolute Gasteiger partial charge is 0.390 e. The lowest BCUT2D eigenvalue weighted by Gasteiger charge is -2.19. The summed E-state index contributed by atoms with van der Waals surface area (Å²) in [6.07, 6.45) is -5.53. The molecule has 0 fully saturated rings. The zero-order chi connectivity index (χ0) is 26.8. The number of aryl methyl sites for hydroxylation is 1. The van der Waals surface area contributed by atoms with Crippen LogP contribution in [0.3, 0.4) is 0 Å². The summed E-state index contributed by atoms with van der Waals surface area (Å²) in [6.45, 7) is 1.49. The number of alkyl halides is 5. The molecular weight excluding hydrogens is 519 g/mol. The van der Waals surface area contributed by atoms with E-state index in [9.17, 15) is 26.7 Å². The van der Waals surface area contributed by atoms with Crippen LogP contribution in [-0.4, -0.2) is 42.3 Å². The SMILES string of the molecule is CCCc1nc(C(F)(F)C(F)(F)F)c(C(=O)OS)n1Cc1ccc(-c2ccccc2-c2nn[nH]n2)cc1. The number of tetrazole rings is 1. The van der Waals surface area contributed by atoms with E-state index in [1.54, 1.807) is 31.2 Å². The van der Waals surface area contributed by atoms with Crippen LogP contribution in [0, 0.1) is 0 Å². The van der Waals surface area contributed by atoms with Crippen LogP contribution in [0.5, 0.6) is 0 Å². The number of hydrogen-bond acceptors (Lipinski definition) is 7. The molecule has 0 unspecified atom stereocenters. The molecule has 194 valence electrons. The number of thiol groups is 1. The van der Waals surface area contributed by atoms with Crippen molar-refractivity contribution < 1.29 is 30.9 Å². The maximum Gasteiger partial charge on any atom is 0.459 e. The number of carbonyl (C=O) groups is 1. The van der Waals surface area contributed by atoms with Gasteiger partial charge in [-0.1, -0.05) is 55.5 Å². The van der Waals surface area contributed by atoms with Gasteiger partial charge in [0.1, 0.15) is 5.82 Å². The molecule has 2 aromatic carbocycles. The molecule has 1 N–H and O–H groups in total. The molecule has 0 spiro atoms. The molecule has 0 radical (unpaired) electrons. The highest BCUT2D eigenvalue weighted by Crippen LogP contribution is 2.45. The monoisotopic (exact) mass is 538 g/mol. The number of carbonyl (C=O) groups excluding carboxylic acids is 1. The number of halogens is 5. The zero-order valence-electron chi connectivity index (χ0n) is 19.1. The second-order valence-electron chi connectivity index (χ2n) is 7.99. The molecule has 0 amide bonds. The van der Waals surface area contributed by atoms with Gasteiger partial charge in [0.15, 0.2) is 11.4 Å². The van der Waals surface area contributed by atoms with Crippen LogP contribution < -0.4 is 0 Å². The highest BCUT2D eigenvalue weighted by molar-refractivity contribution is 7.75. The Morgan fingerprint density at radius 3 is 2.30 bits per heavy atom. The van der Waals surface area contributed by atoms with E-state index < -0.39 is 29.5 Å². The van der Waals surface area contributed by atoms with Crippen molar-refractivity contribution in [2.24, 2.45) is 0 Å². The van der Waals surface area contributed by atoms with Crippen molar-refractivity contribution in [3.63, 3.8) is 0 Å². The summed E-state index contributed by atoms with van der Waals surface area (Å²) in [5, 5.41) is 14.0. The molecule has 2 aromatic heterocycles. The normalized spacial score (nSPS) is 12.1. The third kappa shape index (κ3) is 5.05. The number of aromatic nitrogens is 6. The third-order valence-corrected chi connectivity index (χ3v) is 5.73. The van der Waals surface area contributed by atoms with E-state index in [-0.39, 0.29) is 18.8 Å².